The molecule has 0 aliphatic carbocycles. The number of methoxy groups -OCH3 is 2. The highest BCUT2D eigenvalue weighted by atomic mass is 16.5. The van der Waals surface area contributed by atoms with Gasteiger partial charge in [-0.15, -0.1) is 0 Å². The Hall–Kier alpha value is -2.69. The van der Waals surface area contributed by atoms with Gasteiger partial charge in [-0.3, -0.25) is 4.79 Å². The molecule has 114 valence electrons. The maximum absolute atomic E-state index is 12.8. The average molecular weight is 298 g/mol. The lowest BCUT2D eigenvalue weighted by Crippen LogP contribution is -2.29. The second-order valence-electron chi connectivity index (χ2n) is 5.14. The number of amides is 1. The highest BCUT2D eigenvalue weighted by molar-refractivity contribution is 6.08. The summed E-state index contributed by atoms with van der Waals surface area (Å²) in [7, 11) is 3.04. The van der Waals surface area contributed by atoms with Crippen molar-refractivity contribution < 1.29 is 14.3 Å². The maximum Gasteiger partial charge on any atom is 0.258 e. The molecule has 0 spiro atoms. The van der Waals surface area contributed by atoms with Gasteiger partial charge in [0.1, 0.15) is 0 Å². The summed E-state index contributed by atoms with van der Waals surface area (Å²) in [4.78, 5) is 14.6. The Morgan fingerprint density at radius 1 is 1.18 bits per heavy atom. The van der Waals surface area contributed by atoms with E-state index in [1.807, 2.05) is 24.3 Å². The van der Waals surface area contributed by atoms with Crippen LogP contribution in [-0.4, -0.2) is 26.7 Å². The van der Waals surface area contributed by atoms with Crippen molar-refractivity contribution in [2.24, 2.45) is 0 Å². The molecule has 1 aliphatic rings. The average Bonchev–Trinajstić information content (AvgIpc) is 2.97. The number of ether oxygens (including phenoxy) is 2. The fourth-order valence-corrected chi connectivity index (χ4v) is 2.82. The van der Waals surface area contributed by atoms with Crippen molar-refractivity contribution >= 4 is 17.3 Å². The molecule has 0 radical (unpaired) electrons. The lowest BCUT2D eigenvalue weighted by atomic mass is 10.1. The van der Waals surface area contributed by atoms with Gasteiger partial charge < -0.3 is 20.1 Å². The standard InChI is InChI=1S/C17H18N2O3/c1-21-15-10-12(9-13(18)16(15)22-2)17(20)19-8-7-11-5-3-4-6-14(11)19/h3-6,9-10H,7-8,18H2,1-2H3. The number of nitrogens with zero attached hydrogens (tertiary/aromatic N) is 1. The number of benzene rings is 2. The Labute approximate surface area is 129 Å². The van der Waals surface area contributed by atoms with Gasteiger partial charge in [-0.2, -0.15) is 0 Å². The number of nitrogen functional groups attached to an aromatic ring is 1. The number of carbonyl (C=O) groups excluding carboxylic acids is 1. The number of carbonyl (C=O) groups is 1. The predicted octanol–water partition coefficient (Wildman–Crippen LogP) is 2.49. The van der Waals surface area contributed by atoms with Crippen molar-refractivity contribution in [3.05, 3.63) is 47.5 Å². The Bertz CT molecular complexity index is 728. The number of hydrogen-bond donors (Lipinski definition) is 1. The SMILES string of the molecule is COc1cc(C(=O)N2CCc3ccccc32)cc(N)c1OC. The van der Waals surface area contributed by atoms with E-state index >= 15 is 0 Å². The second kappa shape index (κ2) is 5.60. The van der Waals surface area contributed by atoms with Gasteiger partial charge in [0, 0.05) is 17.8 Å². The third kappa shape index (κ3) is 2.24. The third-order valence-electron chi connectivity index (χ3n) is 3.89. The number of anilines is 2. The van der Waals surface area contributed by atoms with Gasteiger partial charge in [-0.25, -0.2) is 0 Å². The molecule has 2 aromatic rings. The molecule has 1 amide bonds. The van der Waals surface area contributed by atoms with Crippen LogP contribution in [0.5, 0.6) is 11.5 Å². The predicted molar refractivity (Wildman–Crippen MR) is 85.8 cm³/mol. The molecule has 5 heteroatoms. The summed E-state index contributed by atoms with van der Waals surface area (Å²) in [6.07, 6.45) is 0.866. The van der Waals surface area contributed by atoms with Gasteiger partial charge in [0.2, 0.25) is 0 Å². The normalized spacial score (nSPS) is 12.9. The number of fused-ring (bicyclic) bond motifs is 1. The van der Waals surface area contributed by atoms with Crippen molar-refractivity contribution in [2.45, 2.75) is 6.42 Å². The van der Waals surface area contributed by atoms with Crippen molar-refractivity contribution in [1.29, 1.82) is 0 Å². The zero-order valence-corrected chi connectivity index (χ0v) is 12.6. The molecule has 0 atom stereocenters. The van der Waals surface area contributed by atoms with E-state index in [0.29, 0.717) is 29.3 Å². The molecule has 2 N–H and O–H groups in total. The van der Waals surface area contributed by atoms with Crippen molar-refractivity contribution in [3.8, 4) is 11.5 Å². The topological polar surface area (TPSA) is 64.8 Å². The van der Waals surface area contributed by atoms with Crippen LogP contribution >= 0.6 is 0 Å². The zero-order valence-electron chi connectivity index (χ0n) is 12.6. The van der Waals surface area contributed by atoms with Crippen LogP contribution in [-0.2, 0) is 6.42 Å². The minimum absolute atomic E-state index is 0.0856. The van der Waals surface area contributed by atoms with Gasteiger partial charge in [0.05, 0.1) is 19.9 Å². The smallest absolute Gasteiger partial charge is 0.258 e. The van der Waals surface area contributed by atoms with E-state index in [-0.39, 0.29) is 5.91 Å². The van der Waals surface area contributed by atoms with Crippen LogP contribution in [0, 0.1) is 0 Å². The van der Waals surface area contributed by atoms with Crippen LogP contribution in [0.4, 0.5) is 11.4 Å². The first-order valence-electron chi connectivity index (χ1n) is 7.07. The number of rotatable bonds is 3. The quantitative estimate of drug-likeness (QED) is 0.884. The molecule has 1 heterocycles. The number of hydrogen-bond acceptors (Lipinski definition) is 4. The lowest BCUT2D eigenvalue weighted by molar-refractivity contribution is 0.0989. The van der Waals surface area contributed by atoms with Gasteiger partial charge in [0.25, 0.3) is 5.91 Å². The summed E-state index contributed by atoms with van der Waals surface area (Å²) in [6.45, 7) is 0.673. The summed E-state index contributed by atoms with van der Waals surface area (Å²) in [6, 6.07) is 11.2. The highest BCUT2D eigenvalue weighted by Crippen LogP contribution is 2.36. The van der Waals surface area contributed by atoms with Gasteiger partial charge in [-0.05, 0) is 30.2 Å². The fraction of sp³-hybridized carbons (Fsp3) is 0.235. The monoisotopic (exact) mass is 298 g/mol. The Kier molecular flexibility index (Phi) is 3.63. The van der Waals surface area contributed by atoms with Gasteiger partial charge in [0.15, 0.2) is 11.5 Å². The molecule has 0 saturated carbocycles. The maximum atomic E-state index is 12.8. The van der Waals surface area contributed by atoms with Crippen LogP contribution < -0.4 is 20.1 Å². The second-order valence-corrected chi connectivity index (χ2v) is 5.14. The first-order chi connectivity index (χ1) is 10.7. The van der Waals surface area contributed by atoms with Crippen molar-refractivity contribution in [3.63, 3.8) is 0 Å². The van der Waals surface area contributed by atoms with E-state index in [1.54, 1.807) is 17.0 Å². The van der Waals surface area contributed by atoms with Crippen LogP contribution in [0.25, 0.3) is 0 Å². The minimum Gasteiger partial charge on any atom is -0.493 e. The molecule has 0 aromatic heterocycles. The van der Waals surface area contributed by atoms with E-state index < -0.39 is 0 Å². The summed E-state index contributed by atoms with van der Waals surface area (Å²) in [5.74, 6) is 0.816. The Morgan fingerprint density at radius 3 is 2.68 bits per heavy atom. The van der Waals surface area contributed by atoms with Crippen LogP contribution in [0.2, 0.25) is 0 Å². The first-order valence-corrected chi connectivity index (χ1v) is 7.07. The lowest BCUT2D eigenvalue weighted by Gasteiger charge is -2.19. The Morgan fingerprint density at radius 2 is 1.95 bits per heavy atom. The molecule has 5 nitrogen and oxygen atoms in total. The van der Waals surface area contributed by atoms with Crippen molar-refractivity contribution in [2.75, 3.05) is 31.4 Å². The molecule has 2 aromatic carbocycles. The molecule has 1 aliphatic heterocycles. The van der Waals surface area contributed by atoms with Crippen molar-refractivity contribution in [1.82, 2.24) is 0 Å². The molecule has 22 heavy (non-hydrogen) atoms. The first kappa shape index (κ1) is 14.3. The van der Waals surface area contributed by atoms with Gasteiger partial charge in [-0.1, -0.05) is 18.2 Å². The van der Waals surface area contributed by atoms with E-state index in [4.69, 9.17) is 15.2 Å². The van der Waals surface area contributed by atoms with E-state index in [9.17, 15) is 4.79 Å². The number of para-hydroxylation sites is 1. The van der Waals surface area contributed by atoms with Gasteiger partial charge >= 0.3 is 0 Å². The molecule has 0 fully saturated rings. The summed E-state index contributed by atoms with van der Waals surface area (Å²) < 4.78 is 10.5. The minimum atomic E-state index is -0.0856. The van der Waals surface area contributed by atoms with Crippen LogP contribution in [0.15, 0.2) is 36.4 Å². The fourth-order valence-electron chi connectivity index (χ4n) is 2.82. The van der Waals surface area contributed by atoms with E-state index in [2.05, 4.69) is 0 Å². The van der Waals surface area contributed by atoms with E-state index in [0.717, 1.165) is 12.1 Å². The summed E-state index contributed by atoms with van der Waals surface area (Å²) >= 11 is 0. The zero-order chi connectivity index (χ0) is 15.7. The van der Waals surface area contributed by atoms with Crippen LogP contribution in [0.1, 0.15) is 15.9 Å². The molecule has 0 unspecified atom stereocenters. The molecule has 0 bridgehead atoms. The molecule has 3 rings (SSSR count). The van der Waals surface area contributed by atoms with E-state index in [1.165, 1.54) is 19.8 Å². The molecule has 0 saturated heterocycles. The third-order valence-corrected chi connectivity index (χ3v) is 3.89. The number of nitrogens with two attached hydrogens (primary N) is 1. The highest BCUT2D eigenvalue weighted by Gasteiger charge is 2.26. The largest absolute Gasteiger partial charge is 0.493 e. The molecular formula is C17H18N2O3. The summed E-state index contributed by atoms with van der Waals surface area (Å²) in [5, 5.41) is 0. The summed E-state index contributed by atoms with van der Waals surface area (Å²) in [5.41, 5.74) is 8.99. The van der Waals surface area contributed by atoms with Crippen LogP contribution in [0.3, 0.4) is 0 Å². The molecular weight excluding hydrogens is 280 g/mol. The Balaban J connectivity index is 1.99.